The third kappa shape index (κ3) is 3.65. The molecule has 0 spiro atoms. The van der Waals surface area contributed by atoms with Gasteiger partial charge in [0.05, 0.1) is 28.8 Å². The highest BCUT2D eigenvalue weighted by atomic mass is 16.5. The van der Waals surface area contributed by atoms with Gasteiger partial charge in [-0.1, -0.05) is 12.1 Å². The second kappa shape index (κ2) is 5.84. The van der Waals surface area contributed by atoms with Crippen molar-refractivity contribution >= 4 is 17.6 Å². The monoisotopic (exact) mass is 269 g/mol. The summed E-state index contributed by atoms with van der Waals surface area (Å²) in [5.41, 5.74) is 1.93. The Kier molecular flexibility index (Phi) is 4.15. The van der Waals surface area contributed by atoms with Crippen molar-refractivity contribution in [1.82, 2.24) is 4.98 Å². The topological polar surface area (TPSA) is 48.7 Å². The van der Waals surface area contributed by atoms with E-state index >= 15 is 0 Å². The van der Waals surface area contributed by atoms with Gasteiger partial charge in [-0.3, -0.25) is 20.2 Å². The molecule has 0 saturated heterocycles. The minimum atomic E-state index is -0.358. The van der Waals surface area contributed by atoms with Gasteiger partial charge in [0.2, 0.25) is 0 Å². The number of nitrogens with zero attached hydrogens (tertiary/aromatic N) is 3. The average Bonchev–Trinajstić information content (AvgIpc) is 2.45. The van der Waals surface area contributed by atoms with Crippen LogP contribution in [0, 0.1) is 0 Å². The molecule has 0 atom stereocenters. The Hall–Kier alpha value is -2.20. The lowest BCUT2D eigenvalue weighted by Gasteiger charge is -2.31. The summed E-state index contributed by atoms with van der Waals surface area (Å²) in [7, 11) is 0. The van der Waals surface area contributed by atoms with Gasteiger partial charge in [-0.25, -0.2) is 0 Å². The largest absolute Gasteiger partial charge is 0.288 e. The molecular formula is C16H19N3O. The van der Waals surface area contributed by atoms with Crippen molar-refractivity contribution in [2.45, 2.75) is 26.3 Å². The van der Waals surface area contributed by atoms with Crippen LogP contribution in [0.3, 0.4) is 0 Å². The van der Waals surface area contributed by atoms with Gasteiger partial charge in [0.25, 0.3) is 0 Å². The number of hydrogen-bond donors (Lipinski definition) is 1. The van der Waals surface area contributed by atoms with Crippen LogP contribution in [0.5, 0.6) is 0 Å². The van der Waals surface area contributed by atoms with E-state index in [0.29, 0.717) is 5.69 Å². The minimum Gasteiger partial charge on any atom is -0.288 e. The smallest absolute Gasteiger partial charge is 0.0812 e. The number of rotatable bonds is 3. The number of anilines is 1. The normalized spacial score (nSPS) is 11.8. The first kappa shape index (κ1) is 14.2. The lowest BCUT2D eigenvalue weighted by molar-refractivity contribution is 0.181. The van der Waals surface area contributed by atoms with Crippen LogP contribution in [0.1, 0.15) is 26.5 Å². The molecule has 0 unspecified atom stereocenters. The van der Waals surface area contributed by atoms with Gasteiger partial charge in [0, 0.05) is 6.20 Å². The zero-order chi connectivity index (χ0) is 14.6. The van der Waals surface area contributed by atoms with Crippen LogP contribution in [-0.2, 0) is 0 Å². The van der Waals surface area contributed by atoms with Crippen molar-refractivity contribution in [2.75, 3.05) is 5.06 Å². The second-order valence-electron chi connectivity index (χ2n) is 5.52. The molecule has 2 rings (SSSR count). The van der Waals surface area contributed by atoms with E-state index in [1.54, 1.807) is 12.4 Å². The molecule has 0 bridgehead atoms. The van der Waals surface area contributed by atoms with Crippen LogP contribution in [0.2, 0.25) is 0 Å². The van der Waals surface area contributed by atoms with E-state index in [-0.39, 0.29) is 5.54 Å². The molecular weight excluding hydrogens is 250 g/mol. The van der Waals surface area contributed by atoms with Crippen molar-refractivity contribution in [3.8, 4) is 0 Å². The molecule has 0 radical (unpaired) electrons. The van der Waals surface area contributed by atoms with Crippen molar-refractivity contribution in [3.63, 3.8) is 0 Å². The third-order valence-corrected chi connectivity index (χ3v) is 2.74. The molecule has 2 aromatic rings. The van der Waals surface area contributed by atoms with Gasteiger partial charge in [0.15, 0.2) is 0 Å². The second-order valence-corrected chi connectivity index (χ2v) is 5.52. The van der Waals surface area contributed by atoms with Crippen molar-refractivity contribution < 1.29 is 5.21 Å². The number of aliphatic imine (C=N–C) groups is 1. The SMILES string of the molecule is CC(C)(C)N(O)c1cccc(N=Cc2ccccn2)c1. The highest BCUT2D eigenvalue weighted by Crippen LogP contribution is 2.25. The number of aromatic nitrogens is 1. The molecule has 0 aliphatic rings. The lowest BCUT2D eigenvalue weighted by atomic mass is 10.1. The number of pyridine rings is 1. The fourth-order valence-electron chi connectivity index (χ4n) is 1.69. The molecule has 1 aromatic carbocycles. The summed E-state index contributed by atoms with van der Waals surface area (Å²) in [4.78, 5) is 8.56. The van der Waals surface area contributed by atoms with E-state index in [9.17, 15) is 5.21 Å². The molecule has 0 aliphatic heterocycles. The summed E-state index contributed by atoms with van der Waals surface area (Å²) in [5.74, 6) is 0. The van der Waals surface area contributed by atoms with Crippen molar-refractivity contribution in [2.24, 2.45) is 4.99 Å². The molecule has 20 heavy (non-hydrogen) atoms. The van der Waals surface area contributed by atoms with Crippen LogP contribution < -0.4 is 5.06 Å². The van der Waals surface area contributed by atoms with Crippen molar-refractivity contribution in [3.05, 3.63) is 54.4 Å². The molecule has 1 aromatic heterocycles. The van der Waals surface area contributed by atoms with E-state index in [4.69, 9.17) is 0 Å². The summed E-state index contributed by atoms with van der Waals surface area (Å²) in [6.45, 7) is 5.82. The number of benzene rings is 1. The molecule has 0 aliphatic carbocycles. The summed E-state index contributed by atoms with van der Waals surface area (Å²) < 4.78 is 0. The summed E-state index contributed by atoms with van der Waals surface area (Å²) in [5, 5.41) is 11.4. The standard InChI is InChI=1S/C16H19N3O/c1-16(2,3)19(20)15-9-6-8-13(11-15)18-12-14-7-4-5-10-17-14/h4-12,20H,1-3H3. The quantitative estimate of drug-likeness (QED) is 0.680. The highest BCUT2D eigenvalue weighted by Gasteiger charge is 2.19. The van der Waals surface area contributed by atoms with Crippen LogP contribution in [0.25, 0.3) is 0 Å². The Bertz CT molecular complexity index is 588. The number of hydrogen-bond acceptors (Lipinski definition) is 4. The highest BCUT2D eigenvalue weighted by molar-refractivity contribution is 5.79. The van der Waals surface area contributed by atoms with Gasteiger partial charge in [-0.15, -0.1) is 0 Å². The molecule has 0 fully saturated rings. The molecule has 104 valence electrons. The summed E-state index contributed by atoms with van der Waals surface area (Å²) >= 11 is 0. The van der Waals surface area contributed by atoms with E-state index in [2.05, 4.69) is 9.98 Å². The van der Waals surface area contributed by atoms with E-state index in [1.165, 1.54) is 5.06 Å². The molecule has 0 saturated carbocycles. The molecule has 0 amide bonds. The Labute approximate surface area is 119 Å². The van der Waals surface area contributed by atoms with Crippen LogP contribution in [0.15, 0.2) is 53.7 Å². The van der Waals surface area contributed by atoms with E-state index in [1.807, 2.05) is 63.2 Å². The molecule has 4 heteroatoms. The maximum absolute atomic E-state index is 10.1. The van der Waals surface area contributed by atoms with Gasteiger partial charge in [-0.05, 0) is 51.1 Å². The maximum atomic E-state index is 10.1. The van der Waals surface area contributed by atoms with Crippen LogP contribution in [-0.4, -0.2) is 21.9 Å². The van der Waals surface area contributed by atoms with Gasteiger partial charge >= 0.3 is 0 Å². The fraction of sp³-hybridized carbons (Fsp3) is 0.250. The first-order valence-electron chi connectivity index (χ1n) is 6.51. The summed E-state index contributed by atoms with van der Waals surface area (Å²) in [6.07, 6.45) is 3.44. The van der Waals surface area contributed by atoms with E-state index < -0.39 is 0 Å². The Morgan fingerprint density at radius 2 is 1.95 bits per heavy atom. The van der Waals surface area contributed by atoms with Crippen LogP contribution in [0.4, 0.5) is 11.4 Å². The number of hydroxylamine groups is 1. The van der Waals surface area contributed by atoms with E-state index in [0.717, 1.165) is 11.4 Å². The first-order chi connectivity index (χ1) is 9.47. The zero-order valence-electron chi connectivity index (χ0n) is 12.0. The predicted octanol–water partition coefficient (Wildman–Crippen LogP) is 3.83. The Morgan fingerprint density at radius 3 is 2.60 bits per heavy atom. The van der Waals surface area contributed by atoms with Crippen molar-refractivity contribution in [1.29, 1.82) is 0 Å². The third-order valence-electron chi connectivity index (χ3n) is 2.74. The average molecular weight is 269 g/mol. The lowest BCUT2D eigenvalue weighted by Crippen LogP contribution is -2.38. The maximum Gasteiger partial charge on any atom is 0.0812 e. The Balaban J connectivity index is 2.20. The Morgan fingerprint density at radius 1 is 1.15 bits per heavy atom. The van der Waals surface area contributed by atoms with Gasteiger partial charge in [-0.2, -0.15) is 0 Å². The molecule has 4 nitrogen and oxygen atoms in total. The van der Waals surface area contributed by atoms with Crippen LogP contribution >= 0.6 is 0 Å². The summed E-state index contributed by atoms with van der Waals surface area (Å²) in [6, 6.07) is 13.1. The molecule has 1 N–H and O–H groups in total. The molecule has 1 heterocycles. The minimum absolute atomic E-state index is 0.358. The fourth-order valence-corrected chi connectivity index (χ4v) is 1.69. The zero-order valence-corrected chi connectivity index (χ0v) is 12.0. The predicted molar refractivity (Wildman–Crippen MR) is 82.0 cm³/mol. The first-order valence-corrected chi connectivity index (χ1v) is 6.51. The van der Waals surface area contributed by atoms with Gasteiger partial charge < -0.3 is 0 Å². The van der Waals surface area contributed by atoms with Gasteiger partial charge in [0.1, 0.15) is 0 Å².